The predicted molar refractivity (Wildman–Crippen MR) is 48.1 cm³/mol. The summed E-state index contributed by atoms with van der Waals surface area (Å²) in [6.45, 7) is 0. The summed E-state index contributed by atoms with van der Waals surface area (Å²) in [6.07, 6.45) is 0.877. The number of benzene rings is 1. The van der Waals surface area contributed by atoms with Crippen molar-refractivity contribution in [3.63, 3.8) is 0 Å². The molecular formula is C10H6O4. The first-order chi connectivity index (χ1) is 6.59. The lowest BCUT2D eigenvalue weighted by Crippen LogP contribution is -2.18. The number of aromatic hydroxyl groups is 1. The van der Waals surface area contributed by atoms with Crippen molar-refractivity contribution in [3.8, 4) is 5.75 Å². The van der Waals surface area contributed by atoms with Crippen molar-refractivity contribution in [3.05, 3.63) is 35.4 Å². The highest BCUT2D eigenvalue weighted by molar-refractivity contribution is 6.50. The molecule has 2 rings (SSSR count). The first-order valence-corrected chi connectivity index (χ1v) is 3.92. The molecule has 14 heavy (non-hydrogen) atoms. The molecule has 1 aromatic rings. The fourth-order valence-electron chi connectivity index (χ4n) is 1.34. The molecule has 4 nitrogen and oxygen atoms in total. The van der Waals surface area contributed by atoms with Crippen LogP contribution in [0.4, 0.5) is 0 Å². The minimum absolute atomic E-state index is 0.0370. The molecule has 0 radical (unpaired) electrons. The maximum atomic E-state index is 11.3. The molecule has 70 valence electrons. The Kier molecular flexibility index (Phi) is 1.64. The van der Waals surface area contributed by atoms with E-state index in [1.807, 2.05) is 0 Å². The van der Waals surface area contributed by atoms with Crippen molar-refractivity contribution in [1.29, 1.82) is 0 Å². The fourth-order valence-corrected chi connectivity index (χ4v) is 1.34. The smallest absolute Gasteiger partial charge is 0.233 e. The second-order valence-corrected chi connectivity index (χ2v) is 2.95. The molecule has 0 spiro atoms. The number of phenols is 1. The van der Waals surface area contributed by atoms with E-state index in [0.717, 1.165) is 6.08 Å². The lowest BCUT2D eigenvalue weighted by Gasteiger charge is -2.11. The van der Waals surface area contributed by atoms with Crippen LogP contribution in [0.25, 0.3) is 5.76 Å². The van der Waals surface area contributed by atoms with E-state index >= 15 is 0 Å². The van der Waals surface area contributed by atoms with E-state index in [1.54, 1.807) is 0 Å². The van der Waals surface area contributed by atoms with E-state index in [9.17, 15) is 14.7 Å². The lowest BCUT2D eigenvalue weighted by molar-refractivity contribution is -0.111. The highest BCUT2D eigenvalue weighted by atomic mass is 16.3. The third kappa shape index (κ3) is 1.08. The molecule has 0 aromatic heterocycles. The molecule has 1 aliphatic carbocycles. The van der Waals surface area contributed by atoms with Crippen LogP contribution in [-0.2, 0) is 4.79 Å². The van der Waals surface area contributed by atoms with Gasteiger partial charge in [-0.3, -0.25) is 9.59 Å². The first kappa shape index (κ1) is 8.50. The highest BCUT2D eigenvalue weighted by Gasteiger charge is 2.25. The van der Waals surface area contributed by atoms with Crippen molar-refractivity contribution in [1.82, 2.24) is 0 Å². The monoisotopic (exact) mass is 190 g/mol. The fraction of sp³-hybridized carbons (Fsp3) is 0. The van der Waals surface area contributed by atoms with E-state index in [4.69, 9.17) is 5.11 Å². The van der Waals surface area contributed by atoms with E-state index in [-0.39, 0.29) is 22.6 Å². The average molecular weight is 190 g/mol. The molecule has 0 atom stereocenters. The van der Waals surface area contributed by atoms with Gasteiger partial charge in [-0.1, -0.05) is 0 Å². The summed E-state index contributed by atoms with van der Waals surface area (Å²) in [5.41, 5.74) is 0.308. The van der Waals surface area contributed by atoms with Crippen LogP contribution in [0.15, 0.2) is 24.3 Å². The average Bonchev–Trinajstić information content (AvgIpc) is 2.14. The number of carbonyl (C=O) groups excluding carboxylic acids is 2. The maximum absolute atomic E-state index is 11.3. The van der Waals surface area contributed by atoms with Crippen LogP contribution in [-0.4, -0.2) is 21.8 Å². The van der Waals surface area contributed by atoms with Crippen LogP contribution in [0.2, 0.25) is 0 Å². The van der Waals surface area contributed by atoms with Gasteiger partial charge in [-0.15, -0.1) is 0 Å². The van der Waals surface area contributed by atoms with Crippen LogP contribution in [0.1, 0.15) is 15.9 Å². The SMILES string of the molecule is O=C1C=C(O)c2ccc(O)cc2C1=O. The zero-order valence-electron chi connectivity index (χ0n) is 7.02. The minimum atomic E-state index is -0.777. The third-order valence-electron chi connectivity index (χ3n) is 2.02. The molecule has 0 aliphatic heterocycles. The van der Waals surface area contributed by atoms with Gasteiger partial charge in [0.15, 0.2) is 0 Å². The molecule has 2 N–H and O–H groups in total. The van der Waals surface area contributed by atoms with Crippen molar-refractivity contribution in [2.75, 3.05) is 0 Å². The number of ketones is 2. The number of hydrogen-bond donors (Lipinski definition) is 2. The van der Waals surface area contributed by atoms with Gasteiger partial charge >= 0.3 is 0 Å². The largest absolute Gasteiger partial charge is 0.508 e. The second-order valence-electron chi connectivity index (χ2n) is 2.95. The molecule has 4 heteroatoms. The van der Waals surface area contributed by atoms with Crippen LogP contribution < -0.4 is 0 Å². The van der Waals surface area contributed by atoms with Crippen molar-refractivity contribution < 1.29 is 19.8 Å². The third-order valence-corrected chi connectivity index (χ3v) is 2.02. The molecule has 1 aliphatic rings. The van der Waals surface area contributed by atoms with Crippen LogP contribution in [0.5, 0.6) is 5.75 Å². The Morgan fingerprint density at radius 1 is 1.00 bits per heavy atom. The van der Waals surface area contributed by atoms with Crippen LogP contribution in [0.3, 0.4) is 0 Å². The number of Topliss-reactive ketones (excluding diaryl/α,β-unsaturated/α-hetero) is 1. The van der Waals surface area contributed by atoms with Crippen LogP contribution in [0, 0.1) is 0 Å². The van der Waals surface area contributed by atoms with E-state index in [1.165, 1.54) is 18.2 Å². The van der Waals surface area contributed by atoms with E-state index < -0.39 is 11.6 Å². The number of phenolic OH excluding ortho intramolecular Hbond substituents is 1. The van der Waals surface area contributed by atoms with Crippen molar-refractivity contribution >= 4 is 17.3 Å². The Bertz CT molecular complexity index is 471. The van der Waals surface area contributed by atoms with Gasteiger partial charge in [0.05, 0.1) is 0 Å². The van der Waals surface area contributed by atoms with Gasteiger partial charge in [0, 0.05) is 17.2 Å². The lowest BCUT2D eigenvalue weighted by atomic mass is 9.94. The Morgan fingerprint density at radius 3 is 2.43 bits per heavy atom. The van der Waals surface area contributed by atoms with Crippen LogP contribution >= 0.6 is 0 Å². The molecular weight excluding hydrogens is 184 g/mol. The van der Waals surface area contributed by atoms with Gasteiger partial charge in [-0.05, 0) is 18.2 Å². The van der Waals surface area contributed by atoms with Gasteiger partial charge in [0.1, 0.15) is 11.5 Å². The number of carbonyl (C=O) groups is 2. The summed E-state index contributed by atoms with van der Waals surface area (Å²) < 4.78 is 0. The van der Waals surface area contributed by atoms with Crippen molar-refractivity contribution in [2.24, 2.45) is 0 Å². The van der Waals surface area contributed by atoms with Crippen molar-refractivity contribution in [2.45, 2.75) is 0 Å². The Morgan fingerprint density at radius 2 is 1.71 bits per heavy atom. The molecule has 0 saturated carbocycles. The number of rotatable bonds is 0. The summed E-state index contributed by atoms with van der Waals surface area (Å²) >= 11 is 0. The number of aliphatic hydroxyl groups excluding tert-OH is 1. The van der Waals surface area contributed by atoms with Gasteiger partial charge < -0.3 is 10.2 Å². The van der Waals surface area contributed by atoms with E-state index in [0.29, 0.717) is 0 Å². The summed E-state index contributed by atoms with van der Waals surface area (Å²) in [6, 6.07) is 3.89. The standard InChI is InChI=1S/C10H6O4/c11-5-1-2-6-7(3-5)10(14)9(13)4-8(6)12/h1-4,11-12H. The molecule has 0 amide bonds. The van der Waals surface area contributed by atoms with Gasteiger partial charge in [-0.2, -0.15) is 0 Å². The predicted octanol–water partition coefficient (Wildman–Crippen LogP) is 1.06. The van der Waals surface area contributed by atoms with Gasteiger partial charge in [-0.25, -0.2) is 0 Å². The first-order valence-electron chi connectivity index (χ1n) is 3.92. The summed E-state index contributed by atoms with van der Waals surface area (Å²) in [5.74, 6) is -1.85. The summed E-state index contributed by atoms with van der Waals surface area (Å²) in [4.78, 5) is 22.3. The molecule has 1 aromatic carbocycles. The normalized spacial score (nSPS) is 15.0. The summed E-state index contributed by atoms with van der Waals surface area (Å²) in [7, 11) is 0. The molecule has 0 heterocycles. The topological polar surface area (TPSA) is 74.6 Å². The minimum Gasteiger partial charge on any atom is -0.508 e. The molecule has 0 saturated heterocycles. The zero-order chi connectivity index (χ0) is 10.3. The quantitative estimate of drug-likeness (QED) is 0.600. The number of fused-ring (bicyclic) bond motifs is 1. The number of aliphatic hydroxyl groups is 1. The summed E-state index contributed by atoms with van der Waals surface area (Å²) in [5, 5.41) is 18.5. The number of allylic oxidation sites excluding steroid dienone is 1. The molecule has 0 unspecified atom stereocenters. The van der Waals surface area contributed by atoms with E-state index in [2.05, 4.69) is 0 Å². The zero-order valence-corrected chi connectivity index (χ0v) is 7.02. The maximum Gasteiger partial charge on any atom is 0.233 e. The second kappa shape index (κ2) is 2.70. The Labute approximate surface area is 79.1 Å². The Balaban J connectivity index is 2.72. The highest BCUT2D eigenvalue weighted by Crippen LogP contribution is 2.26. The molecule has 0 fully saturated rings. The van der Waals surface area contributed by atoms with Gasteiger partial charge in [0.25, 0.3) is 0 Å². The Hall–Kier alpha value is -2.10. The van der Waals surface area contributed by atoms with Gasteiger partial charge in [0.2, 0.25) is 11.6 Å². The molecule has 0 bridgehead atoms. The number of hydrogen-bond acceptors (Lipinski definition) is 4.